The molecule has 1 heterocycles. The summed E-state index contributed by atoms with van der Waals surface area (Å²) in [6, 6.07) is 12.3. The predicted octanol–water partition coefficient (Wildman–Crippen LogP) is 3.17. The van der Waals surface area contributed by atoms with Crippen LogP contribution in [0.15, 0.2) is 59.6 Å². The molecule has 0 atom stereocenters. The standard InChI is InChI=1S/C21H26N2O3S/c24-16-19(15-17-5-1-2-6-17)18-8-10-21(11-9-18)27(25,26)23-14-12-20-7-3-4-13-22-20/h3-4,7-11,13,15,17,23-24H,1-2,5-6,12,14,16H2. The van der Waals surface area contributed by atoms with E-state index in [0.29, 0.717) is 18.9 Å². The highest BCUT2D eigenvalue weighted by molar-refractivity contribution is 7.89. The lowest BCUT2D eigenvalue weighted by molar-refractivity contribution is 0.349. The van der Waals surface area contributed by atoms with Crippen LogP contribution in [0.4, 0.5) is 0 Å². The molecule has 0 aliphatic heterocycles. The molecule has 1 aromatic heterocycles. The topological polar surface area (TPSA) is 79.3 Å². The lowest BCUT2D eigenvalue weighted by Gasteiger charge is -2.10. The van der Waals surface area contributed by atoms with E-state index < -0.39 is 10.0 Å². The van der Waals surface area contributed by atoms with Crippen LogP contribution in [0, 0.1) is 5.92 Å². The van der Waals surface area contributed by atoms with Crippen LogP contribution in [0.1, 0.15) is 36.9 Å². The Hall–Kier alpha value is -2.02. The van der Waals surface area contributed by atoms with E-state index in [1.165, 1.54) is 12.8 Å². The van der Waals surface area contributed by atoms with Gasteiger partial charge in [-0.25, -0.2) is 13.1 Å². The fraction of sp³-hybridized carbons (Fsp3) is 0.381. The van der Waals surface area contributed by atoms with Gasteiger partial charge >= 0.3 is 0 Å². The molecule has 27 heavy (non-hydrogen) atoms. The van der Waals surface area contributed by atoms with Crippen LogP contribution < -0.4 is 4.72 Å². The minimum atomic E-state index is -3.56. The summed E-state index contributed by atoms with van der Waals surface area (Å²) in [6.07, 6.45) is 9.17. The predicted molar refractivity (Wildman–Crippen MR) is 107 cm³/mol. The maximum Gasteiger partial charge on any atom is 0.240 e. The monoisotopic (exact) mass is 386 g/mol. The fourth-order valence-electron chi connectivity index (χ4n) is 3.44. The molecule has 1 aromatic carbocycles. The van der Waals surface area contributed by atoms with Gasteiger partial charge in [-0.2, -0.15) is 0 Å². The van der Waals surface area contributed by atoms with E-state index in [0.717, 1.165) is 29.7 Å². The summed E-state index contributed by atoms with van der Waals surface area (Å²) >= 11 is 0. The van der Waals surface area contributed by atoms with Gasteiger partial charge in [0.25, 0.3) is 0 Å². The molecule has 0 radical (unpaired) electrons. The van der Waals surface area contributed by atoms with Crippen LogP contribution in [0.2, 0.25) is 0 Å². The Morgan fingerprint density at radius 2 is 1.89 bits per heavy atom. The number of nitrogens with zero attached hydrogens (tertiary/aromatic N) is 1. The van der Waals surface area contributed by atoms with Crippen molar-refractivity contribution in [3.8, 4) is 0 Å². The maximum atomic E-state index is 12.5. The van der Waals surface area contributed by atoms with E-state index in [2.05, 4.69) is 15.8 Å². The van der Waals surface area contributed by atoms with Crippen LogP contribution >= 0.6 is 0 Å². The van der Waals surface area contributed by atoms with Crippen molar-refractivity contribution in [1.29, 1.82) is 0 Å². The van der Waals surface area contributed by atoms with Gasteiger partial charge in [0.15, 0.2) is 0 Å². The highest BCUT2D eigenvalue weighted by atomic mass is 32.2. The zero-order valence-electron chi connectivity index (χ0n) is 15.3. The average Bonchev–Trinajstić information content (AvgIpc) is 3.20. The first-order valence-electron chi connectivity index (χ1n) is 9.40. The summed E-state index contributed by atoms with van der Waals surface area (Å²) in [5.74, 6) is 0.517. The van der Waals surface area contributed by atoms with E-state index in [9.17, 15) is 13.5 Å². The van der Waals surface area contributed by atoms with Crippen molar-refractivity contribution in [2.45, 2.75) is 37.0 Å². The van der Waals surface area contributed by atoms with E-state index in [-0.39, 0.29) is 11.5 Å². The smallest absolute Gasteiger partial charge is 0.240 e. The Bertz CT molecular complexity index is 856. The molecule has 0 unspecified atom stereocenters. The first-order valence-corrected chi connectivity index (χ1v) is 10.9. The summed E-state index contributed by atoms with van der Waals surface area (Å²) in [5.41, 5.74) is 2.59. The van der Waals surface area contributed by atoms with E-state index >= 15 is 0 Å². The third-order valence-corrected chi connectivity index (χ3v) is 6.42. The van der Waals surface area contributed by atoms with Crippen LogP contribution in [0.25, 0.3) is 5.57 Å². The van der Waals surface area contributed by atoms with Crippen LogP contribution in [0.5, 0.6) is 0 Å². The third kappa shape index (κ3) is 5.48. The molecule has 144 valence electrons. The van der Waals surface area contributed by atoms with Crippen molar-refractivity contribution in [2.75, 3.05) is 13.2 Å². The molecular weight excluding hydrogens is 360 g/mol. The van der Waals surface area contributed by atoms with Gasteiger partial charge < -0.3 is 5.11 Å². The maximum absolute atomic E-state index is 12.5. The molecule has 0 saturated heterocycles. The molecule has 1 fully saturated rings. The van der Waals surface area contributed by atoms with Gasteiger partial charge in [0.05, 0.1) is 11.5 Å². The number of aliphatic hydroxyl groups excluding tert-OH is 1. The lowest BCUT2D eigenvalue weighted by Crippen LogP contribution is -2.26. The van der Waals surface area contributed by atoms with E-state index in [1.807, 2.05) is 18.2 Å². The number of nitrogens with one attached hydrogen (secondary N) is 1. The Kier molecular flexibility index (Phi) is 6.77. The molecule has 2 N–H and O–H groups in total. The van der Waals surface area contributed by atoms with Gasteiger partial charge in [0.2, 0.25) is 10.0 Å². The van der Waals surface area contributed by atoms with Crippen molar-refractivity contribution in [3.05, 3.63) is 66.0 Å². The van der Waals surface area contributed by atoms with Crippen molar-refractivity contribution < 1.29 is 13.5 Å². The largest absolute Gasteiger partial charge is 0.392 e. The number of sulfonamides is 1. The number of hydrogen-bond donors (Lipinski definition) is 2. The summed E-state index contributed by atoms with van der Waals surface area (Å²) in [7, 11) is -3.56. The van der Waals surface area contributed by atoms with Gasteiger partial charge in [0, 0.05) is 24.9 Å². The highest BCUT2D eigenvalue weighted by Gasteiger charge is 2.16. The molecule has 1 saturated carbocycles. The minimum Gasteiger partial charge on any atom is -0.392 e. The second-order valence-electron chi connectivity index (χ2n) is 6.89. The highest BCUT2D eigenvalue weighted by Crippen LogP contribution is 2.29. The first-order chi connectivity index (χ1) is 13.1. The van der Waals surface area contributed by atoms with Crippen molar-refractivity contribution >= 4 is 15.6 Å². The number of aliphatic hydroxyl groups is 1. The van der Waals surface area contributed by atoms with Crippen molar-refractivity contribution in [3.63, 3.8) is 0 Å². The molecule has 0 amide bonds. The Morgan fingerprint density at radius 1 is 1.15 bits per heavy atom. The molecule has 3 rings (SSSR count). The van der Waals surface area contributed by atoms with Gasteiger partial charge in [-0.05, 0) is 54.2 Å². The van der Waals surface area contributed by atoms with Gasteiger partial charge in [-0.1, -0.05) is 37.1 Å². The van der Waals surface area contributed by atoms with Crippen molar-refractivity contribution in [1.82, 2.24) is 9.71 Å². The quantitative estimate of drug-likeness (QED) is 0.730. The molecule has 1 aliphatic carbocycles. The summed E-state index contributed by atoms with van der Waals surface area (Å²) in [5, 5.41) is 9.69. The molecule has 5 nitrogen and oxygen atoms in total. The van der Waals surface area contributed by atoms with Crippen LogP contribution in [0.3, 0.4) is 0 Å². The lowest BCUT2D eigenvalue weighted by atomic mass is 9.99. The summed E-state index contributed by atoms with van der Waals surface area (Å²) in [6.45, 7) is 0.259. The number of hydrogen-bond acceptors (Lipinski definition) is 4. The first kappa shape index (κ1) is 19.7. The number of benzene rings is 1. The minimum absolute atomic E-state index is 0.0368. The van der Waals surface area contributed by atoms with Gasteiger partial charge in [-0.3, -0.25) is 4.98 Å². The second kappa shape index (κ2) is 9.26. The zero-order chi connectivity index (χ0) is 19.1. The van der Waals surface area contributed by atoms with Crippen molar-refractivity contribution in [2.24, 2.45) is 5.92 Å². The van der Waals surface area contributed by atoms with Gasteiger partial charge in [-0.15, -0.1) is 0 Å². The number of rotatable bonds is 8. The molecule has 6 heteroatoms. The zero-order valence-corrected chi connectivity index (χ0v) is 16.2. The Balaban J connectivity index is 1.64. The summed E-state index contributed by atoms with van der Waals surface area (Å²) in [4.78, 5) is 4.42. The normalized spacial score (nSPS) is 16.0. The molecule has 0 spiro atoms. The van der Waals surface area contributed by atoms with E-state index in [1.54, 1.807) is 30.5 Å². The number of aromatic nitrogens is 1. The Labute approximate surface area is 161 Å². The second-order valence-corrected chi connectivity index (χ2v) is 8.65. The molecule has 0 bridgehead atoms. The fourth-order valence-corrected chi connectivity index (χ4v) is 4.47. The van der Waals surface area contributed by atoms with Crippen LogP contribution in [-0.2, 0) is 16.4 Å². The van der Waals surface area contributed by atoms with Crippen LogP contribution in [-0.4, -0.2) is 31.7 Å². The molecular formula is C21H26N2O3S. The third-order valence-electron chi connectivity index (χ3n) is 4.94. The van der Waals surface area contributed by atoms with E-state index in [4.69, 9.17) is 0 Å². The molecule has 1 aliphatic rings. The summed E-state index contributed by atoms with van der Waals surface area (Å²) < 4.78 is 27.5. The Morgan fingerprint density at radius 3 is 2.52 bits per heavy atom. The number of allylic oxidation sites excluding steroid dienone is 1. The van der Waals surface area contributed by atoms with Gasteiger partial charge in [0.1, 0.15) is 0 Å². The molecule has 2 aromatic rings. The SMILES string of the molecule is O=S(=O)(NCCc1ccccn1)c1ccc(C(=CC2CCCC2)CO)cc1. The average molecular weight is 387 g/mol. The number of pyridine rings is 1.